The van der Waals surface area contributed by atoms with Crippen LogP contribution in [0.1, 0.15) is 53.4 Å². The molecule has 0 radical (unpaired) electrons. The molecule has 1 rings (SSSR count). The minimum absolute atomic E-state index is 0.00565. The van der Waals surface area contributed by atoms with E-state index in [0.717, 1.165) is 12.8 Å². The molecule has 0 aromatic heterocycles. The van der Waals surface area contributed by atoms with Gasteiger partial charge in [0.25, 0.3) is 0 Å². The van der Waals surface area contributed by atoms with Gasteiger partial charge in [0.05, 0.1) is 6.10 Å². The monoisotopic (exact) mass is 210 g/mol. The summed E-state index contributed by atoms with van der Waals surface area (Å²) in [5.74, 6) is 0.346. The topological polar surface area (TPSA) is 37.3 Å². The van der Waals surface area contributed by atoms with Gasteiger partial charge >= 0.3 is 0 Å². The fraction of sp³-hybridized carbons (Fsp3) is 0.769. The van der Waals surface area contributed by atoms with E-state index in [1.54, 1.807) is 0 Å². The van der Waals surface area contributed by atoms with Crippen LogP contribution in [0.2, 0.25) is 0 Å². The van der Waals surface area contributed by atoms with Crippen LogP contribution >= 0.6 is 0 Å². The van der Waals surface area contributed by atoms with Crippen molar-refractivity contribution < 1.29 is 9.90 Å². The third-order valence-electron chi connectivity index (χ3n) is 3.25. The van der Waals surface area contributed by atoms with E-state index < -0.39 is 0 Å². The molecular weight excluding hydrogens is 188 g/mol. The molecule has 1 atom stereocenters. The van der Waals surface area contributed by atoms with Gasteiger partial charge in [0, 0.05) is 12.8 Å². The maximum absolute atomic E-state index is 11.5. The third-order valence-corrected chi connectivity index (χ3v) is 3.25. The summed E-state index contributed by atoms with van der Waals surface area (Å²) in [5, 5.41) is 9.30. The maximum atomic E-state index is 11.5. The number of hydrogen-bond acceptors (Lipinski definition) is 2. The first-order valence-electron chi connectivity index (χ1n) is 5.72. The molecule has 86 valence electrons. The second kappa shape index (κ2) is 4.48. The molecular formula is C13H22O2. The molecule has 0 heterocycles. The fourth-order valence-corrected chi connectivity index (χ4v) is 2.55. The molecule has 0 spiro atoms. The van der Waals surface area contributed by atoms with Crippen LogP contribution in [0.25, 0.3) is 0 Å². The molecule has 0 saturated heterocycles. The molecule has 0 aromatic rings. The third kappa shape index (κ3) is 3.16. The van der Waals surface area contributed by atoms with Crippen molar-refractivity contribution >= 4 is 5.78 Å². The van der Waals surface area contributed by atoms with Gasteiger partial charge in [-0.15, -0.1) is 0 Å². The highest BCUT2D eigenvalue weighted by Crippen LogP contribution is 2.40. The zero-order valence-electron chi connectivity index (χ0n) is 10.3. The van der Waals surface area contributed by atoms with E-state index in [0.29, 0.717) is 18.6 Å². The first kappa shape index (κ1) is 12.4. The quantitative estimate of drug-likeness (QED) is 0.727. The average molecular weight is 210 g/mol. The maximum Gasteiger partial charge on any atom is 0.137 e. The van der Waals surface area contributed by atoms with E-state index >= 15 is 0 Å². The summed E-state index contributed by atoms with van der Waals surface area (Å²) in [5.41, 5.74) is 2.59. The van der Waals surface area contributed by atoms with Crippen LogP contribution in [-0.4, -0.2) is 17.0 Å². The molecule has 0 fully saturated rings. The molecule has 0 aromatic carbocycles. The molecule has 1 N–H and O–H groups in total. The van der Waals surface area contributed by atoms with E-state index in [4.69, 9.17) is 0 Å². The van der Waals surface area contributed by atoms with Crippen LogP contribution in [0.3, 0.4) is 0 Å². The summed E-state index contributed by atoms with van der Waals surface area (Å²) in [7, 11) is 0. The SMILES string of the molecule is CC1=C(CCC(C)O)C(C)(C)CC(=O)C1. The molecule has 2 nitrogen and oxygen atoms in total. The Morgan fingerprint density at radius 1 is 1.47 bits per heavy atom. The highest BCUT2D eigenvalue weighted by Gasteiger charge is 2.32. The van der Waals surface area contributed by atoms with Gasteiger partial charge in [-0.1, -0.05) is 25.0 Å². The van der Waals surface area contributed by atoms with Crippen molar-refractivity contribution in [1.29, 1.82) is 0 Å². The summed E-state index contributed by atoms with van der Waals surface area (Å²) < 4.78 is 0. The molecule has 15 heavy (non-hydrogen) atoms. The summed E-state index contributed by atoms with van der Waals surface area (Å²) in [6.07, 6.45) is 2.73. The van der Waals surface area contributed by atoms with Crippen molar-refractivity contribution in [3.8, 4) is 0 Å². The summed E-state index contributed by atoms with van der Waals surface area (Å²) >= 11 is 0. The lowest BCUT2D eigenvalue weighted by Gasteiger charge is -2.34. The van der Waals surface area contributed by atoms with Gasteiger partial charge in [-0.3, -0.25) is 4.79 Å². The minimum atomic E-state index is -0.251. The lowest BCUT2D eigenvalue weighted by Crippen LogP contribution is -2.26. The molecule has 0 amide bonds. The Morgan fingerprint density at radius 3 is 2.53 bits per heavy atom. The van der Waals surface area contributed by atoms with E-state index in [1.807, 2.05) is 6.92 Å². The number of aliphatic hydroxyl groups excluding tert-OH is 1. The lowest BCUT2D eigenvalue weighted by molar-refractivity contribution is -0.120. The molecule has 0 bridgehead atoms. The van der Waals surface area contributed by atoms with Crippen molar-refractivity contribution in [2.24, 2.45) is 5.41 Å². The fourth-order valence-electron chi connectivity index (χ4n) is 2.55. The van der Waals surface area contributed by atoms with Crippen molar-refractivity contribution in [3.05, 3.63) is 11.1 Å². The number of ketones is 1. The Hall–Kier alpha value is -0.630. The Morgan fingerprint density at radius 2 is 2.07 bits per heavy atom. The number of Topliss-reactive ketones (excluding diaryl/α,β-unsaturated/α-hetero) is 1. The van der Waals surface area contributed by atoms with Crippen LogP contribution in [0, 0.1) is 5.41 Å². The Labute approximate surface area is 92.4 Å². The number of allylic oxidation sites excluding steroid dienone is 2. The highest BCUT2D eigenvalue weighted by molar-refractivity contribution is 5.83. The van der Waals surface area contributed by atoms with Crippen molar-refractivity contribution in [3.63, 3.8) is 0 Å². The Balaban J connectivity index is 2.81. The predicted molar refractivity (Wildman–Crippen MR) is 61.6 cm³/mol. The zero-order chi connectivity index (χ0) is 11.6. The van der Waals surface area contributed by atoms with Gasteiger partial charge < -0.3 is 5.11 Å². The molecule has 1 unspecified atom stereocenters. The van der Waals surface area contributed by atoms with E-state index in [9.17, 15) is 9.90 Å². The van der Waals surface area contributed by atoms with Crippen LogP contribution in [0.4, 0.5) is 0 Å². The van der Waals surface area contributed by atoms with Gasteiger partial charge in [0.1, 0.15) is 5.78 Å². The standard InChI is InChI=1S/C13H22O2/c1-9-7-11(15)8-13(3,4)12(9)6-5-10(2)14/h10,14H,5-8H2,1-4H3. The van der Waals surface area contributed by atoms with Crippen LogP contribution in [0.15, 0.2) is 11.1 Å². The average Bonchev–Trinajstić information content (AvgIpc) is 1.98. The van der Waals surface area contributed by atoms with Crippen LogP contribution < -0.4 is 0 Å². The molecule has 0 aliphatic heterocycles. The smallest absolute Gasteiger partial charge is 0.137 e. The molecule has 1 aliphatic rings. The lowest BCUT2D eigenvalue weighted by atomic mass is 9.70. The van der Waals surface area contributed by atoms with Crippen LogP contribution in [0.5, 0.6) is 0 Å². The number of rotatable bonds is 3. The van der Waals surface area contributed by atoms with Gasteiger partial charge in [0.2, 0.25) is 0 Å². The Bertz CT molecular complexity index is 285. The minimum Gasteiger partial charge on any atom is -0.393 e. The second-order valence-electron chi connectivity index (χ2n) is 5.42. The highest BCUT2D eigenvalue weighted by atomic mass is 16.3. The van der Waals surface area contributed by atoms with Gasteiger partial charge in [0.15, 0.2) is 0 Å². The van der Waals surface area contributed by atoms with Gasteiger partial charge in [-0.2, -0.15) is 0 Å². The molecule has 1 aliphatic carbocycles. The van der Waals surface area contributed by atoms with E-state index in [-0.39, 0.29) is 11.5 Å². The number of hydrogen-bond donors (Lipinski definition) is 1. The largest absolute Gasteiger partial charge is 0.393 e. The number of carbonyl (C=O) groups is 1. The normalized spacial score (nSPS) is 23.1. The second-order valence-corrected chi connectivity index (χ2v) is 5.42. The van der Waals surface area contributed by atoms with Crippen molar-refractivity contribution in [2.75, 3.05) is 0 Å². The predicted octanol–water partition coefficient (Wildman–Crippen LogP) is 2.85. The molecule has 2 heteroatoms. The van der Waals surface area contributed by atoms with Crippen molar-refractivity contribution in [1.82, 2.24) is 0 Å². The zero-order valence-corrected chi connectivity index (χ0v) is 10.3. The first-order valence-corrected chi connectivity index (χ1v) is 5.72. The number of aliphatic hydroxyl groups is 1. The first-order chi connectivity index (χ1) is 6.83. The van der Waals surface area contributed by atoms with Gasteiger partial charge in [-0.05, 0) is 32.1 Å². The summed E-state index contributed by atoms with van der Waals surface area (Å²) in [6.45, 7) is 8.13. The molecule has 0 saturated carbocycles. The summed E-state index contributed by atoms with van der Waals surface area (Å²) in [4.78, 5) is 11.5. The van der Waals surface area contributed by atoms with Crippen LogP contribution in [-0.2, 0) is 4.79 Å². The van der Waals surface area contributed by atoms with E-state index in [2.05, 4.69) is 20.8 Å². The van der Waals surface area contributed by atoms with E-state index in [1.165, 1.54) is 11.1 Å². The van der Waals surface area contributed by atoms with Gasteiger partial charge in [-0.25, -0.2) is 0 Å². The summed E-state index contributed by atoms with van der Waals surface area (Å²) in [6, 6.07) is 0. The van der Waals surface area contributed by atoms with Crippen molar-refractivity contribution in [2.45, 2.75) is 59.5 Å². The number of carbonyl (C=O) groups excluding carboxylic acids is 1. The Kier molecular flexibility index (Phi) is 3.72.